The fourth-order valence-electron chi connectivity index (χ4n) is 3.93. The molecule has 96 valence electrons. The first-order chi connectivity index (χ1) is 9.25. The van der Waals surface area contributed by atoms with Gasteiger partial charge < -0.3 is 0 Å². The molecule has 0 nitrogen and oxygen atoms in total. The summed E-state index contributed by atoms with van der Waals surface area (Å²) in [5.74, 6) is 0. The van der Waals surface area contributed by atoms with Crippen molar-refractivity contribution in [1.82, 2.24) is 0 Å². The number of rotatable bonds is 0. The maximum absolute atomic E-state index is 2.39. The number of benzene rings is 2. The van der Waals surface area contributed by atoms with Crippen molar-refractivity contribution in [2.45, 2.75) is 46.0 Å². The molecule has 0 radical (unpaired) electrons. The molecule has 4 rings (SSSR count). The van der Waals surface area contributed by atoms with Crippen LogP contribution in [0.4, 0.5) is 0 Å². The average molecular weight is 248 g/mol. The Labute approximate surface area is 115 Å². The minimum Gasteiger partial charge on any atom is -0.0587 e. The van der Waals surface area contributed by atoms with Gasteiger partial charge in [-0.25, -0.2) is 0 Å². The standard InChI is InChI=1S/C19H20/c1-12-7-8-15-11-18-16-6-4-3-5-14(16)9-10-17(18)19(15)13(12)2/h7-10H,3-6,11H2,1-2H3. The van der Waals surface area contributed by atoms with Crippen LogP contribution in [0, 0.1) is 13.8 Å². The van der Waals surface area contributed by atoms with Crippen LogP contribution >= 0.6 is 0 Å². The Bertz CT molecular complexity index is 677. The Morgan fingerprint density at radius 2 is 1.58 bits per heavy atom. The molecule has 0 fully saturated rings. The van der Waals surface area contributed by atoms with Crippen LogP contribution < -0.4 is 0 Å². The Morgan fingerprint density at radius 3 is 2.47 bits per heavy atom. The van der Waals surface area contributed by atoms with Crippen molar-refractivity contribution in [2.24, 2.45) is 0 Å². The monoisotopic (exact) mass is 248 g/mol. The van der Waals surface area contributed by atoms with E-state index in [1.807, 2.05) is 0 Å². The van der Waals surface area contributed by atoms with Crippen LogP contribution in [-0.4, -0.2) is 0 Å². The van der Waals surface area contributed by atoms with Crippen molar-refractivity contribution in [3.8, 4) is 11.1 Å². The third-order valence-corrected chi connectivity index (χ3v) is 5.11. The van der Waals surface area contributed by atoms with Crippen LogP contribution in [0.3, 0.4) is 0 Å². The molecule has 2 aliphatic carbocycles. The van der Waals surface area contributed by atoms with Gasteiger partial charge in [0.15, 0.2) is 0 Å². The minimum absolute atomic E-state index is 1.16. The van der Waals surface area contributed by atoms with Crippen molar-refractivity contribution < 1.29 is 0 Å². The third-order valence-electron chi connectivity index (χ3n) is 5.11. The van der Waals surface area contributed by atoms with E-state index in [0.29, 0.717) is 0 Å². The third kappa shape index (κ3) is 1.52. The lowest BCUT2D eigenvalue weighted by Crippen LogP contribution is -2.05. The number of fused-ring (bicyclic) bond motifs is 5. The Morgan fingerprint density at radius 1 is 0.789 bits per heavy atom. The van der Waals surface area contributed by atoms with E-state index in [9.17, 15) is 0 Å². The molecule has 0 heterocycles. The first kappa shape index (κ1) is 11.3. The van der Waals surface area contributed by atoms with Gasteiger partial charge >= 0.3 is 0 Å². The van der Waals surface area contributed by atoms with Crippen molar-refractivity contribution in [2.75, 3.05) is 0 Å². The molecule has 2 aromatic carbocycles. The molecule has 0 spiro atoms. The minimum atomic E-state index is 1.16. The van der Waals surface area contributed by atoms with Crippen molar-refractivity contribution in [1.29, 1.82) is 0 Å². The smallest absolute Gasteiger partial charge is 0.00105 e. The quantitative estimate of drug-likeness (QED) is 0.538. The van der Waals surface area contributed by atoms with E-state index in [1.54, 1.807) is 16.7 Å². The topological polar surface area (TPSA) is 0 Å². The molecule has 2 aliphatic rings. The van der Waals surface area contributed by atoms with Crippen molar-refractivity contribution in [3.63, 3.8) is 0 Å². The van der Waals surface area contributed by atoms with Gasteiger partial charge in [-0.15, -0.1) is 0 Å². The Balaban J connectivity index is 1.98. The lowest BCUT2D eigenvalue weighted by molar-refractivity contribution is 0.681. The maximum Gasteiger partial charge on any atom is -0.00105 e. The molecular weight excluding hydrogens is 228 g/mol. The molecule has 0 aromatic heterocycles. The zero-order chi connectivity index (χ0) is 13.0. The highest BCUT2D eigenvalue weighted by Gasteiger charge is 2.25. The van der Waals surface area contributed by atoms with Gasteiger partial charge in [-0.1, -0.05) is 24.3 Å². The summed E-state index contributed by atoms with van der Waals surface area (Å²) in [6.07, 6.45) is 6.49. The highest BCUT2D eigenvalue weighted by Crippen LogP contribution is 2.43. The van der Waals surface area contributed by atoms with Crippen LogP contribution in [0.15, 0.2) is 24.3 Å². The zero-order valence-electron chi connectivity index (χ0n) is 11.8. The van der Waals surface area contributed by atoms with Gasteiger partial charge in [-0.2, -0.15) is 0 Å². The van der Waals surface area contributed by atoms with Crippen LogP contribution in [0.2, 0.25) is 0 Å². The molecular formula is C19H20. The second-order valence-electron chi connectivity index (χ2n) is 6.15. The maximum atomic E-state index is 2.39. The lowest BCUT2D eigenvalue weighted by Gasteiger charge is -2.19. The molecule has 2 aromatic rings. The second-order valence-corrected chi connectivity index (χ2v) is 6.15. The molecule has 0 aliphatic heterocycles. The summed E-state index contributed by atoms with van der Waals surface area (Å²) in [4.78, 5) is 0. The van der Waals surface area contributed by atoms with E-state index in [0.717, 1.165) is 6.42 Å². The van der Waals surface area contributed by atoms with Crippen LogP contribution in [0.25, 0.3) is 11.1 Å². The SMILES string of the molecule is Cc1ccc2c(c1C)-c1ccc3c(c1C2)CCCC3. The fraction of sp³-hybridized carbons (Fsp3) is 0.368. The number of hydrogen-bond donors (Lipinski definition) is 0. The molecule has 0 saturated carbocycles. The van der Waals surface area contributed by atoms with Gasteiger partial charge in [0, 0.05) is 0 Å². The summed E-state index contributed by atoms with van der Waals surface area (Å²) in [7, 11) is 0. The summed E-state index contributed by atoms with van der Waals surface area (Å²) in [6, 6.07) is 9.40. The van der Waals surface area contributed by atoms with Gasteiger partial charge in [0.1, 0.15) is 0 Å². The summed E-state index contributed by atoms with van der Waals surface area (Å²) >= 11 is 0. The van der Waals surface area contributed by atoms with Gasteiger partial charge in [-0.3, -0.25) is 0 Å². The van der Waals surface area contributed by atoms with Gasteiger partial charge in [-0.05, 0) is 90.5 Å². The first-order valence-electron chi connectivity index (χ1n) is 7.49. The van der Waals surface area contributed by atoms with Crippen LogP contribution in [0.1, 0.15) is 46.2 Å². The van der Waals surface area contributed by atoms with Crippen LogP contribution in [-0.2, 0) is 19.3 Å². The summed E-state index contributed by atoms with van der Waals surface area (Å²) in [6.45, 7) is 4.51. The van der Waals surface area contributed by atoms with E-state index in [2.05, 4.69) is 38.1 Å². The molecule has 0 amide bonds. The fourth-order valence-corrected chi connectivity index (χ4v) is 3.93. The van der Waals surface area contributed by atoms with Gasteiger partial charge in [0.05, 0.1) is 0 Å². The first-order valence-corrected chi connectivity index (χ1v) is 7.49. The van der Waals surface area contributed by atoms with E-state index >= 15 is 0 Å². The molecule has 0 saturated heterocycles. The van der Waals surface area contributed by atoms with Crippen molar-refractivity contribution >= 4 is 0 Å². The summed E-state index contributed by atoms with van der Waals surface area (Å²) in [5, 5.41) is 0. The normalized spacial score (nSPS) is 15.9. The highest BCUT2D eigenvalue weighted by atomic mass is 14.3. The Hall–Kier alpha value is -1.56. The Kier molecular flexibility index (Phi) is 2.35. The van der Waals surface area contributed by atoms with Gasteiger partial charge in [0.2, 0.25) is 0 Å². The van der Waals surface area contributed by atoms with Crippen LogP contribution in [0.5, 0.6) is 0 Å². The zero-order valence-corrected chi connectivity index (χ0v) is 11.8. The van der Waals surface area contributed by atoms with E-state index < -0.39 is 0 Å². The molecule has 0 unspecified atom stereocenters. The molecule has 0 bridgehead atoms. The molecule has 0 heteroatoms. The van der Waals surface area contributed by atoms with E-state index in [-0.39, 0.29) is 0 Å². The van der Waals surface area contributed by atoms with E-state index in [1.165, 1.54) is 53.5 Å². The largest absolute Gasteiger partial charge is 0.0587 e. The van der Waals surface area contributed by atoms with E-state index in [4.69, 9.17) is 0 Å². The molecule has 0 N–H and O–H groups in total. The predicted octanol–water partition coefficient (Wildman–Crippen LogP) is 4.75. The van der Waals surface area contributed by atoms with Gasteiger partial charge in [0.25, 0.3) is 0 Å². The average Bonchev–Trinajstić information content (AvgIpc) is 2.82. The number of hydrogen-bond acceptors (Lipinski definition) is 0. The number of aryl methyl sites for hydroxylation is 2. The summed E-state index contributed by atoms with van der Waals surface area (Å²) < 4.78 is 0. The lowest BCUT2D eigenvalue weighted by atomic mass is 9.86. The highest BCUT2D eigenvalue weighted by molar-refractivity contribution is 5.81. The summed E-state index contributed by atoms with van der Waals surface area (Å²) in [5.41, 5.74) is 12.4. The predicted molar refractivity (Wildman–Crippen MR) is 80.8 cm³/mol. The van der Waals surface area contributed by atoms with Crippen molar-refractivity contribution in [3.05, 3.63) is 57.6 Å². The molecule has 0 atom stereocenters. The molecule has 19 heavy (non-hydrogen) atoms. The second kappa shape index (κ2) is 3.96.